The van der Waals surface area contributed by atoms with E-state index in [4.69, 9.17) is 0 Å². The number of anilines is 1. The zero-order valence-electron chi connectivity index (χ0n) is 18.8. The van der Waals surface area contributed by atoms with Crippen molar-refractivity contribution in [3.8, 4) is 0 Å². The quantitative estimate of drug-likeness (QED) is 0.391. The first-order valence-electron chi connectivity index (χ1n) is 11.8. The molecule has 34 heavy (non-hydrogen) atoms. The highest BCUT2D eigenvalue weighted by Gasteiger charge is 2.40. The molecule has 0 spiro atoms. The van der Waals surface area contributed by atoms with E-state index in [-0.39, 0.29) is 29.5 Å². The Morgan fingerprint density at radius 2 is 1.56 bits per heavy atom. The highest BCUT2D eigenvalue weighted by atomic mass is 16.6. The summed E-state index contributed by atoms with van der Waals surface area (Å²) in [6.45, 7) is 1.74. The van der Waals surface area contributed by atoms with Crippen LogP contribution in [0.3, 0.4) is 0 Å². The van der Waals surface area contributed by atoms with Gasteiger partial charge in [0, 0.05) is 43.9 Å². The van der Waals surface area contributed by atoms with E-state index in [1.807, 2.05) is 4.90 Å². The number of imide groups is 1. The lowest BCUT2D eigenvalue weighted by atomic mass is 9.94. The minimum atomic E-state index is -0.397. The molecule has 0 radical (unpaired) electrons. The van der Waals surface area contributed by atoms with Crippen LogP contribution in [0.15, 0.2) is 42.5 Å². The number of piperazine rings is 1. The van der Waals surface area contributed by atoms with Crippen LogP contribution >= 0.6 is 0 Å². The van der Waals surface area contributed by atoms with Crippen molar-refractivity contribution in [3.05, 3.63) is 69.3 Å². The fourth-order valence-corrected chi connectivity index (χ4v) is 5.28. The lowest BCUT2D eigenvalue weighted by Crippen LogP contribution is -2.49. The van der Waals surface area contributed by atoms with Crippen molar-refractivity contribution in [1.29, 1.82) is 0 Å². The van der Waals surface area contributed by atoms with E-state index in [0.717, 1.165) is 32.1 Å². The standard InChI is InChI=1S/C25H26N4O5/c30-23(27-14-12-26(13-15-27)21-8-4-5-9-22(21)29(33)34)17-10-11-19-20(16-17)25(32)28(24(19)31)18-6-2-1-3-7-18/h4-5,8-11,16,18H,1-3,6-7,12-15H2. The minimum absolute atomic E-state index is 0.0478. The molecule has 0 aromatic heterocycles. The molecule has 0 bridgehead atoms. The van der Waals surface area contributed by atoms with Gasteiger partial charge in [0.15, 0.2) is 0 Å². The highest BCUT2D eigenvalue weighted by molar-refractivity contribution is 6.22. The third-order valence-corrected chi connectivity index (χ3v) is 7.09. The van der Waals surface area contributed by atoms with Gasteiger partial charge in [-0.05, 0) is 37.1 Å². The summed E-state index contributed by atoms with van der Waals surface area (Å²) in [5.41, 5.74) is 1.65. The van der Waals surface area contributed by atoms with Crippen LogP contribution in [0, 0.1) is 10.1 Å². The van der Waals surface area contributed by atoms with Crippen LogP contribution in [0.25, 0.3) is 0 Å². The third-order valence-electron chi connectivity index (χ3n) is 7.09. The van der Waals surface area contributed by atoms with Gasteiger partial charge in [-0.3, -0.25) is 29.4 Å². The van der Waals surface area contributed by atoms with Gasteiger partial charge < -0.3 is 9.80 Å². The van der Waals surface area contributed by atoms with E-state index in [0.29, 0.717) is 48.6 Å². The summed E-state index contributed by atoms with van der Waals surface area (Å²) < 4.78 is 0. The van der Waals surface area contributed by atoms with Crippen LogP contribution in [-0.2, 0) is 0 Å². The lowest BCUT2D eigenvalue weighted by molar-refractivity contribution is -0.384. The van der Waals surface area contributed by atoms with E-state index in [2.05, 4.69) is 0 Å². The maximum absolute atomic E-state index is 13.2. The molecule has 2 heterocycles. The number of para-hydroxylation sites is 2. The van der Waals surface area contributed by atoms with Gasteiger partial charge in [0.05, 0.1) is 16.1 Å². The fraction of sp³-hybridized carbons (Fsp3) is 0.400. The van der Waals surface area contributed by atoms with Crippen molar-refractivity contribution >= 4 is 29.1 Å². The SMILES string of the molecule is O=C(c1ccc2c(c1)C(=O)N(C1CCCCC1)C2=O)N1CCN(c2ccccc2[N+](=O)[O-])CC1. The number of benzene rings is 2. The van der Waals surface area contributed by atoms with E-state index >= 15 is 0 Å². The number of hydrogen-bond acceptors (Lipinski definition) is 6. The predicted molar refractivity (Wildman–Crippen MR) is 125 cm³/mol. The van der Waals surface area contributed by atoms with Crippen LogP contribution in [0.2, 0.25) is 0 Å². The van der Waals surface area contributed by atoms with Gasteiger partial charge in [-0.2, -0.15) is 0 Å². The lowest BCUT2D eigenvalue weighted by Gasteiger charge is -2.35. The van der Waals surface area contributed by atoms with Crippen LogP contribution in [0.4, 0.5) is 11.4 Å². The molecule has 2 fully saturated rings. The average molecular weight is 463 g/mol. The Labute approximate surface area is 197 Å². The second-order valence-electron chi connectivity index (χ2n) is 9.06. The van der Waals surface area contributed by atoms with Gasteiger partial charge in [0.1, 0.15) is 5.69 Å². The Hall–Kier alpha value is -3.75. The van der Waals surface area contributed by atoms with E-state index < -0.39 is 4.92 Å². The molecule has 0 atom stereocenters. The van der Waals surface area contributed by atoms with Crippen LogP contribution in [0.5, 0.6) is 0 Å². The molecular weight excluding hydrogens is 436 g/mol. The number of fused-ring (bicyclic) bond motifs is 1. The molecule has 1 aliphatic carbocycles. The zero-order chi connectivity index (χ0) is 23.8. The number of carbonyl (C=O) groups excluding carboxylic acids is 3. The summed E-state index contributed by atoms with van der Waals surface area (Å²) >= 11 is 0. The highest BCUT2D eigenvalue weighted by Crippen LogP contribution is 2.32. The van der Waals surface area contributed by atoms with E-state index in [9.17, 15) is 24.5 Å². The molecule has 1 saturated heterocycles. The van der Waals surface area contributed by atoms with Gasteiger partial charge in [0.25, 0.3) is 23.4 Å². The van der Waals surface area contributed by atoms with Crippen LogP contribution in [0.1, 0.15) is 63.2 Å². The number of amides is 3. The van der Waals surface area contributed by atoms with Crippen molar-refractivity contribution in [1.82, 2.24) is 9.80 Å². The second-order valence-corrected chi connectivity index (χ2v) is 9.06. The molecule has 3 aliphatic rings. The number of carbonyl (C=O) groups is 3. The molecule has 2 aromatic rings. The molecule has 0 unspecified atom stereocenters. The smallest absolute Gasteiger partial charge is 0.292 e. The van der Waals surface area contributed by atoms with Gasteiger partial charge >= 0.3 is 0 Å². The number of nitro groups is 1. The van der Waals surface area contributed by atoms with Gasteiger partial charge in [-0.25, -0.2) is 0 Å². The molecule has 9 heteroatoms. The molecule has 2 aliphatic heterocycles. The number of nitrogens with zero attached hydrogens (tertiary/aromatic N) is 4. The summed E-state index contributed by atoms with van der Waals surface area (Å²) in [5.74, 6) is -0.770. The molecule has 2 aromatic carbocycles. The third kappa shape index (κ3) is 3.81. The largest absolute Gasteiger partial charge is 0.362 e. The van der Waals surface area contributed by atoms with E-state index in [1.165, 1.54) is 11.0 Å². The fourth-order valence-electron chi connectivity index (χ4n) is 5.28. The first-order valence-corrected chi connectivity index (χ1v) is 11.8. The Balaban J connectivity index is 1.29. The number of hydrogen-bond donors (Lipinski definition) is 0. The molecular formula is C25H26N4O5. The van der Waals surface area contributed by atoms with Crippen molar-refractivity contribution in [2.45, 2.75) is 38.1 Å². The molecule has 3 amide bonds. The van der Waals surface area contributed by atoms with Gasteiger partial charge in [-0.1, -0.05) is 31.4 Å². The Kier molecular flexibility index (Phi) is 5.77. The first kappa shape index (κ1) is 22.1. The topological polar surface area (TPSA) is 104 Å². The Morgan fingerprint density at radius 1 is 0.882 bits per heavy atom. The normalized spacial score (nSPS) is 18.9. The maximum atomic E-state index is 13.2. The number of nitro benzene ring substituents is 1. The van der Waals surface area contributed by atoms with Gasteiger partial charge in [0.2, 0.25) is 0 Å². The van der Waals surface area contributed by atoms with E-state index in [1.54, 1.807) is 41.3 Å². The summed E-state index contributed by atoms with van der Waals surface area (Å²) in [4.78, 5) is 55.1. The zero-order valence-corrected chi connectivity index (χ0v) is 18.8. The van der Waals surface area contributed by atoms with Crippen molar-refractivity contribution in [3.63, 3.8) is 0 Å². The molecule has 5 rings (SSSR count). The average Bonchev–Trinajstić information content (AvgIpc) is 3.13. The minimum Gasteiger partial charge on any atom is -0.362 e. The van der Waals surface area contributed by atoms with Crippen molar-refractivity contribution < 1.29 is 19.3 Å². The summed E-state index contributed by atoms with van der Waals surface area (Å²) in [6.07, 6.45) is 4.82. The predicted octanol–water partition coefficient (Wildman–Crippen LogP) is 3.49. The maximum Gasteiger partial charge on any atom is 0.292 e. The van der Waals surface area contributed by atoms with Gasteiger partial charge in [-0.15, -0.1) is 0 Å². The molecule has 9 nitrogen and oxygen atoms in total. The van der Waals surface area contributed by atoms with Crippen LogP contribution < -0.4 is 4.90 Å². The number of rotatable bonds is 4. The molecule has 0 N–H and O–H groups in total. The second kappa shape index (κ2) is 8.89. The molecule has 176 valence electrons. The first-order chi connectivity index (χ1) is 16.5. The monoisotopic (exact) mass is 462 g/mol. The Morgan fingerprint density at radius 3 is 2.26 bits per heavy atom. The summed E-state index contributed by atoms with van der Waals surface area (Å²) in [5, 5.41) is 11.3. The van der Waals surface area contributed by atoms with Crippen molar-refractivity contribution in [2.75, 3.05) is 31.1 Å². The summed E-state index contributed by atoms with van der Waals surface area (Å²) in [7, 11) is 0. The van der Waals surface area contributed by atoms with Crippen LogP contribution in [-0.4, -0.2) is 64.7 Å². The van der Waals surface area contributed by atoms with Crippen molar-refractivity contribution in [2.24, 2.45) is 0 Å². The Bertz CT molecular complexity index is 1170. The molecule has 1 saturated carbocycles. The summed E-state index contributed by atoms with van der Waals surface area (Å²) in [6, 6.07) is 11.3.